The average Bonchev–Trinajstić information content (AvgIpc) is 2.15. The van der Waals surface area contributed by atoms with E-state index in [1.807, 2.05) is 7.05 Å². The normalized spacial score (nSPS) is 22.1. The Hall–Kier alpha value is -0.890. The third-order valence-corrected chi connectivity index (χ3v) is 2.17. The van der Waals surface area contributed by atoms with Gasteiger partial charge in [-0.15, -0.1) is 0 Å². The van der Waals surface area contributed by atoms with Gasteiger partial charge in [-0.2, -0.15) is 0 Å². The lowest BCUT2D eigenvalue weighted by Crippen LogP contribution is -2.27. The molecule has 0 fully saturated rings. The lowest BCUT2D eigenvalue weighted by molar-refractivity contribution is -0.107. The molecule has 12 heavy (non-hydrogen) atoms. The second-order valence-electron chi connectivity index (χ2n) is 2.95. The zero-order valence-corrected chi connectivity index (χ0v) is 7.42. The van der Waals surface area contributed by atoms with Gasteiger partial charge < -0.3 is 10.1 Å². The highest BCUT2D eigenvalue weighted by atomic mass is 16.1. The van der Waals surface area contributed by atoms with E-state index in [1.165, 1.54) is 5.57 Å². The van der Waals surface area contributed by atoms with E-state index >= 15 is 0 Å². The summed E-state index contributed by atoms with van der Waals surface area (Å²) in [6.07, 6.45) is 9.86. The molecule has 0 amide bonds. The van der Waals surface area contributed by atoms with E-state index in [1.54, 1.807) is 0 Å². The Kier molecular flexibility index (Phi) is 3.74. The SMILES string of the molecule is CNC1CC=CC=C1CCC=O. The molecule has 0 aromatic heterocycles. The van der Waals surface area contributed by atoms with E-state index in [2.05, 4.69) is 23.5 Å². The van der Waals surface area contributed by atoms with Gasteiger partial charge in [0.15, 0.2) is 0 Å². The van der Waals surface area contributed by atoms with Crippen molar-refractivity contribution in [3.05, 3.63) is 23.8 Å². The number of likely N-dealkylation sites (N-methyl/N-ethyl adjacent to an activating group) is 1. The van der Waals surface area contributed by atoms with Gasteiger partial charge in [0, 0.05) is 12.5 Å². The summed E-state index contributed by atoms with van der Waals surface area (Å²) in [4.78, 5) is 10.2. The predicted octanol–water partition coefficient (Wildman–Crippen LogP) is 1.44. The highest BCUT2D eigenvalue weighted by Gasteiger charge is 2.11. The van der Waals surface area contributed by atoms with Crippen molar-refractivity contribution in [2.45, 2.75) is 25.3 Å². The van der Waals surface area contributed by atoms with Gasteiger partial charge in [-0.3, -0.25) is 0 Å². The fraction of sp³-hybridized carbons (Fsp3) is 0.500. The topological polar surface area (TPSA) is 29.1 Å². The van der Waals surface area contributed by atoms with Crippen molar-refractivity contribution >= 4 is 6.29 Å². The Labute approximate surface area is 73.4 Å². The number of rotatable bonds is 4. The summed E-state index contributed by atoms with van der Waals surface area (Å²) < 4.78 is 0. The molecule has 0 saturated heterocycles. The highest BCUT2D eigenvalue weighted by Crippen LogP contribution is 2.16. The molecule has 0 aromatic rings. The largest absolute Gasteiger partial charge is 0.313 e. The molecule has 0 aliphatic heterocycles. The molecule has 0 bridgehead atoms. The van der Waals surface area contributed by atoms with Crippen molar-refractivity contribution in [2.24, 2.45) is 0 Å². The molecule has 66 valence electrons. The first-order valence-electron chi connectivity index (χ1n) is 4.35. The zero-order valence-electron chi connectivity index (χ0n) is 7.42. The number of allylic oxidation sites excluding steroid dienone is 2. The van der Waals surface area contributed by atoms with Crippen LogP contribution in [-0.2, 0) is 4.79 Å². The minimum absolute atomic E-state index is 0.440. The summed E-state index contributed by atoms with van der Waals surface area (Å²) in [5, 5.41) is 3.23. The van der Waals surface area contributed by atoms with Crippen LogP contribution in [0.2, 0.25) is 0 Å². The molecular weight excluding hydrogens is 150 g/mol. The smallest absolute Gasteiger partial charge is 0.120 e. The number of nitrogens with one attached hydrogen (secondary N) is 1. The van der Waals surface area contributed by atoms with Crippen molar-refractivity contribution in [3.63, 3.8) is 0 Å². The maximum atomic E-state index is 10.2. The number of carbonyl (C=O) groups is 1. The van der Waals surface area contributed by atoms with Gasteiger partial charge in [-0.25, -0.2) is 0 Å². The molecule has 0 saturated carbocycles. The molecule has 2 nitrogen and oxygen atoms in total. The lowest BCUT2D eigenvalue weighted by Gasteiger charge is -2.20. The molecule has 1 aliphatic carbocycles. The second-order valence-corrected chi connectivity index (χ2v) is 2.95. The van der Waals surface area contributed by atoms with Crippen molar-refractivity contribution < 1.29 is 4.79 Å². The van der Waals surface area contributed by atoms with E-state index in [9.17, 15) is 4.79 Å². The number of carbonyl (C=O) groups excluding carboxylic acids is 1. The first-order valence-corrected chi connectivity index (χ1v) is 4.35. The Morgan fingerprint density at radius 1 is 1.75 bits per heavy atom. The number of aldehydes is 1. The van der Waals surface area contributed by atoms with Gasteiger partial charge in [0.2, 0.25) is 0 Å². The van der Waals surface area contributed by atoms with Crippen LogP contribution in [0.15, 0.2) is 23.8 Å². The fourth-order valence-electron chi connectivity index (χ4n) is 1.46. The van der Waals surface area contributed by atoms with Crippen molar-refractivity contribution in [3.8, 4) is 0 Å². The highest BCUT2D eigenvalue weighted by molar-refractivity contribution is 5.50. The van der Waals surface area contributed by atoms with Crippen LogP contribution in [0, 0.1) is 0 Å². The summed E-state index contributed by atoms with van der Waals surface area (Å²) >= 11 is 0. The van der Waals surface area contributed by atoms with Crippen LogP contribution in [0.25, 0.3) is 0 Å². The molecule has 1 aliphatic rings. The monoisotopic (exact) mass is 165 g/mol. The van der Waals surface area contributed by atoms with Crippen LogP contribution in [0.5, 0.6) is 0 Å². The minimum Gasteiger partial charge on any atom is -0.313 e. The minimum atomic E-state index is 0.440. The van der Waals surface area contributed by atoms with Crippen LogP contribution in [0.4, 0.5) is 0 Å². The molecule has 1 rings (SSSR count). The maximum absolute atomic E-state index is 10.2. The third kappa shape index (κ3) is 2.31. The summed E-state index contributed by atoms with van der Waals surface area (Å²) in [6.45, 7) is 0. The molecule has 1 N–H and O–H groups in total. The van der Waals surface area contributed by atoms with Gasteiger partial charge in [0.1, 0.15) is 6.29 Å². The summed E-state index contributed by atoms with van der Waals surface area (Å²) in [6, 6.07) is 0.440. The Balaban J connectivity index is 2.50. The van der Waals surface area contributed by atoms with E-state index in [4.69, 9.17) is 0 Å². The van der Waals surface area contributed by atoms with Gasteiger partial charge in [0.25, 0.3) is 0 Å². The van der Waals surface area contributed by atoms with Crippen LogP contribution in [-0.4, -0.2) is 19.4 Å². The molecule has 0 spiro atoms. The summed E-state index contributed by atoms with van der Waals surface area (Å²) in [5.74, 6) is 0. The number of hydrogen-bond acceptors (Lipinski definition) is 2. The number of hydrogen-bond donors (Lipinski definition) is 1. The molecule has 0 radical (unpaired) electrons. The van der Waals surface area contributed by atoms with Crippen molar-refractivity contribution in [1.29, 1.82) is 0 Å². The molecule has 2 heteroatoms. The van der Waals surface area contributed by atoms with E-state index in [-0.39, 0.29) is 0 Å². The fourth-order valence-corrected chi connectivity index (χ4v) is 1.46. The van der Waals surface area contributed by atoms with E-state index in [0.29, 0.717) is 12.5 Å². The van der Waals surface area contributed by atoms with Gasteiger partial charge in [-0.1, -0.05) is 23.8 Å². The first kappa shape index (κ1) is 9.20. The van der Waals surface area contributed by atoms with Crippen molar-refractivity contribution in [2.75, 3.05) is 7.05 Å². The molecule has 1 atom stereocenters. The lowest BCUT2D eigenvalue weighted by atomic mass is 9.95. The maximum Gasteiger partial charge on any atom is 0.120 e. The van der Waals surface area contributed by atoms with Crippen LogP contribution >= 0.6 is 0 Å². The van der Waals surface area contributed by atoms with Crippen molar-refractivity contribution in [1.82, 2.24) is 5.32 Å². The van der Waals surface area contributed by atoms with Gasteiger partial charge in [-0.05, 0) is 19.9 Å². The van der Waals surface area contributed by atoms with Gasteiger partial charge >= 0.3 is 0 Å². The van der Waals surface area contributed by atoms with Crippen LogP contribution in [0.3, 0.4) is 0 Å². The summed E-state index contributed by atoms with van der Waals surface area (Å²) in [7, 11) is 1.96. The Morgan fingerprint density at radius 2 is 2.58 bits per heavy atom. The molecule has 0 heterocycles. The predicted molar refractivity (Wildman–Crippen MR) is 50.0 cm³/mol. The van der Waals surface area contributed by atoms with E-state index < -0.39 is 0 Å². The Bertz CT molecular complexity index is 206. The summed E-state index contributed by atoms with van der Waals surface area (Å²) in [5.41, 5.74) is 1.34. The average molecular weight is 165 g/mol. The standard InChI is InChI=1S/C10H15NO/c1-11-10-7-3-2-5-9(10)6-4-8-12/h2-3,5,8,10-11H,4,6-7H2,1H3. The van der Waals surface area contributed by atoms with Crippen LogP contribution in [0.1, 0.15) is 19.3 Å². The zero-order chi connectivity index (χ0) is 8.81. The van der Waals surface area contributed by atoms with E-state index in [0.717, 1.165) is 19.1 Å². The molecule has 1 unspecified atom stereocenters. The Morgan fingerprint density at radius 3 is 3.25 bits per heavy atom. The van der Waals surface area contributed by atoms with Gasteiger partial charge in [0.05, 0.1) is 0 Å². The van der Waals surface area contributed by atoms with Crippen LogP contribution < -0.4 is 5.32 Å². The molecular formula is C10H15NO. The molecule has 0 aromatic carbocycles. The quantitative estimate of drug-likeness (QED) is 0.639. The third-order valence-electron chi connectivity index (χ3n) is 2.17. The first-order chi connectivity index (χ1) is 5.88. The second kappa shape index (κ2) is 4.88.